The lowest BCUT2D eigenvalue weighted by Gasteiger charge is -2.15. The molecule has 0 aliphatic heterocycles. The molecule has 0 saturated heterocycles. The summed E-state index contributed by atoms with van der Waals surface area (Å²) < 4.78 is 6.36. The van der Waals surface area contributed by atoms with Crippen molar-refractivity contribution in [2.75, 3.05) is 7.11 Å². The maximum atomic E-state index is 5.24. The molecule has 1 nitrogen and oxygen atoms in total. The zero-order chi connectivity index (χ0) is 13.7. The van der Waals surface area contributed by atoms with E-state index in [4.69, 9.17) is 4.74 Å². The minimum Gasteiger partial charge on any atom is -0.497 e. The van der Waals surface area contributed by atoms with E-state index in [1.54, 1.807) is 7.11 Å². The topological polar surface area (TPSA) is 9.23 Å². The van der Waals surface area contributed by atoms with Crippen molar-refractivity contribution in [1.29, 1.82) is 0 Å². The number of ether oxygens (including phenoxy) is 1. The average molecular weight is 376 g/mol. The maximum Gasteiger partial charge on any atom is 0.120 e. The number of hydrogen-bond donors (Lipinski definition) is 0. The number of methoxy groups -OCH3 is 1. The molecular formula is C15H20Br2O. The Kier molecular flexibility index (Phi) is 3.61. The fraction of sp³-hybridized carbons (Fsp3) is 0.600. The molecule has 0 N–H and O–H groups in total. The van der Waals surface area contributed by atoms with Crippen LogP contribution in [0.15, 0.2) is 22.7 Å². The minimum atomic E-state index is 0.376. The van der Waals surface area contributed by atoms with Crippen LogP contribution in [0.1, 0.15) is 38.1 Å². The summed E-state index contributed by atoms with van der Waals surface area (Å²) in [6, 6.07) is 6.20. The Morgan fingerprint density at radius 3 is 2.11 bits per heavy atom. The van der Waals surface area contributed by atoms with E-state index in [-0.39, 0.29) is 0 Å². The SMILES string of the molecule is COc1ccc(C(Br)C2C(C)(C)C2(C)C)c(Br)c1. The second-order valence-corrected chi connectivity index (χ2v) is 8.05. The highest BCUT2D eigenvalue weighted by Crippen LogP contribution is 2.74. The zero-order valence-corrected chi connectivity index (χ0v) is 14.7. The van der Waals surface area contributed by atoms with Gasteiger partial charge in [0.25, 0.3) is 0 Å². The van der Waals surface area contributed by atoms with Crippen LogP contribution in [0.4, 0.5) is 0 Å². The van der Waals surface area contributed by atoms with Crippen molar-refractivity contribution >= 4 is 31.9 Å². The summed E-state index contributed by atoms with van der Waals surface area (Å²) >= 11 is 7.54. The fourth-order valence-electron chi connectivity index (χ4n) is 3.02. The van der Waals surface area contributed by atoms with Crippen LogP contribution in [0.3, 0.4) is 0 Å². The van der Waals surface area contributed by atoms with Crippen LogP contribution in [0.5, 0.6) is 5.75 Å². The molecule has 1 aliphatic carbocycles. The van der Waals surface area contributed by atoms with Gasteiger partial charge in [-0.05, 0) is 34.4 Å². The summed E-state index contributed by atoms with van der Waals surface area (Å²) in [5, 5.41) is 0. The lowest BCUT2D eigenvalue weighted by atomic mass is 10.0. The molecule has 1 aromatic carbocycles. The van der Waals surface area contributed by atoms with Gasteiger partial charge in [-0.2, -0.15) is 0 Å². The van der Waals surface area contributed by atoms with Crippen molar-refractivity contribution < 1.29 is 4.74 Å². The third kappa shape index (κ3) is 2.03. The third-order valence-electron chi connectivity index (χ3n) is 4.93. The normalized spacial score (nSPS) is 22.6. The Morgan fingerprint density at radius 1 is 1.17 bits per heavy atom. The van der Waals surface area contributed by atoms with Crippen LogP contribution in [-0.2, 0) is 0 Å². The number of alkyl halides is 1. The number of halogens is 2. The van der Waals surface area contributed by atoms with Gasteiger partial charge in [0.1, 0.15) is 5.75 Å². The standard InChI is InChI=1S/C15H20Br2O/c1-14(2)13(15(14,3)4)12(17)10-7-6-9(18-5)8-11(10)16/h6-8,12-13H,1-5H3. The Morgan fingerprint density at radius 2 is 1.72 bits per heavy atom. The van der Waals surface area contributed by atoms with Crippen LogP contribution >= 0.6 is 31.9 Å². The van der Waals surface area contributed by atoms with Gasteiger partial charge in [0.15, 0.2) is 0 Å². The van der Waals surface area contributed by atoms with Crippen molar-refractivity contribution in [1.82, 2.24) is 0 Å². The summed E-state index contributed by atoms with van der Waals surface area (Å²) in [4.78, 5) is 0.378. The van der Waals surface area contributed by atoms with Crippen molar-refractivity contribution in [2.24, 2.45) is 16.7 Å². The molecule has 2 rings (SSSR count). The second kappa shape index (κ2) is 4.52. The minimum absolute atomic E-state index is 0.376. The summed E-state index contributed by atoms with van der Waals surface area (Å²) in [5.41, 5.74) is 2.06. The van der Waals surface area contributed by atoms with Gasteiger partial charge < -0.3 is 4.74 Å². The van der Waals surface area contributed by atoms with Gasteiger partial charge in [-0.3, -0.25) is 0 Å². The molecule has 0 spiro atoms. The van der Waals surface area contributed by atoms with Gasteiger partial charge in [0, 0.05) is 9.30 Å². The molecule has 1 aromatic rings. The third-order valence-corrected chi connectivity index (χ3v) is 6.64. The monoisotopic (exact) mass is 374 g/mol. The molecule has 100 valence electrons. The Balaban J connectivity index is 2.29. The molecule has 0 bridgehead atoms. The molecule has 1 atom stereocenters. The predicted molar refractivity (Wildman–Crippen MR) is 83.4 cm³/mol. The zero-order valence-electron chi connectivity index (χ0n) is 11.6. The lowest BCUT2D eigenvalue weighted by Crippen LogP contribution is -2.00. The molecule has 0 radical (unpaired) electrons. The largest absolute Gasteiger partial charge is 0.497 e. The lowest BCUT2D eigenvalue weighted by molar-refractivity contribution is 0.414. The van der Waals surface area contributed by atoms with Crippen molar-refractivity contribution in [3.8, 4) is 5.75 Å². The smallest absolute Gasteiger partial charge is 0.120 e. The molecule has 1 fully saturated rings. The highest BCUT2D eigenvalue weighted by atomic mass is 79.9. The van der Waals surface area contributed by atoms with Gasteiger partial charge in [-0.15, -0.1) is 0 Å². The van der Waals surface area contributed by atoms with Crippen LogP contribution in [0.25, 0.3) is 0 Å². The summed E-state index contributed by atoms with van der Waals surface area (Å²) in [6.45, 7) is 9.40. The van der Waals surface area contributed by atoms with E-state index in [1.165, 1.54) is 5.56 Å². The van der Waals surface area contributed by atoms with E-state index < -0.39 is 0 Å². The van der Waals surface area contributed by atoms with E-state index >= 15 is 0 Å². The van der Waals surface area contributed by atoms with Gasteiger partial charge in [0.2, 0.25) is 0 Å². The molecule has 0 amide bonds. The summed E-state index contributed by atoms with van der Waals surface area (Å²) in [7, 11) is 1.69. The quantitative estimate of drug-likeness (QED) is 0.627. The highest BCUT2D eigenvalue weighted by Gasteiger charge is 2.66. The van der Waals surface area contributed by atoms with Gasteiger partial charge in [-0.1, -0.05) is 65.6 Å². The molecule has 1 aliphatic rings. The second-order valence-electron chi connectivity index (χ2n) is 6.21. The Bertz CT molecular complexity index is 452. The molecule has 18 heavy (non-hydrogen) atoms. The maximum absolute atomic E-state index is 5.24. The first-order valence-corrected chi connectivity index (χ1v) is 7.92. The Labute approximate surface area is 127 Å². The summed E-state index contributed by atoms with van der Waals surface area (Å²) in [5.74, 6) is 1.54. The van der Waals surface area contributed by atoms with E-state index in [2.05, 4.69) is 65.6 Å². The number of rotatable bonds is 3. The van der Waals surface area contributed by atoms with Crippen LogP contribution < -0.4 is 4.74 Å². The van der Waals surface area contributed by atoms with Gasteiger partial charge in [-0.25, -0.2) is 0 Å². The summed E-state index contributed by atoms with van der Waals surface area (Å²) in [6.07, 6.45) is 0. The Hall–Kier alpha value is -0.0200. The first-order chi connectivity index (χ1) is 8.23. The van der Waals surface area contributed by atoms with Crippen LogP contribution in [0.2, 0.25) is 0 Å². The van der Waals surface area contributed by atoms with Crippen LogP contribution in [0, 0.1) is 16.7 Å². The first kappa shape index (κ1) is 14.4. The van der Waals surface area contributed by atoms with Gasteiger partial charge in [0.05, 0.1) is 7.11 Å². The molecule has 1 unspecified atom stereocenters. The molecule has 1 saturated carbocycles. The predicted octanol–water partition coefficient (Wildman–Crippen LogP) is 5.58. The van der Waals surface area contributed by atoms with Crippen molar-refractivity contribution in [3.05, 3.63) is 28.2 Å². The highest BCUT2D eigenvalue weighted by molar-refractivity contribution is 9.11. The van der Waals surface area contributed by atoms with E-state index in [0.717, 1.165) is 10.2 Å². The van der Waals surface area contributed by atoms with Gasteiger partial charge >= 0.3 is 0 Å². The fourth-order valence-corrected chi connectivity index (χ4v) is 5.65. The molecule has 0 heterocycles. The van der Waals surface area contributed by atoms with Crippen molar-refractivity contribution in [2.45, 2.75) is 32.5 Å². The van der Waals surface area contributed by atoms with E-state index in [1.807, 2.05) is 12.1 Å². The molecule has 3 heteroatoms. The molecular weight excluding hydrogens is 356 g/mol. The number of hydrogen-bond acceptors (Lipinski definition) is 1. The van der Waals surface area contributed by atoms with E-state index in [0.29, 0.717) is 21.6 Å². The number of benzene rings is 1. The van der Waals surface area contributed by atoms with Crippen LogP contribution in [-0.4, -0.2) is 7.11 Å². The van der Waals surface area contributed by atoms with E-state index in [9.17, 15) is 0 Å². The molecule has 0 aromatic heterocycles. The van der Waals surface area contributed by atoms with Crippen molar-refractivity contribution in [3.63, 3.8) is 0 Å². The average Bonchev–Trinajstić information content (AvgIpc) is 2.68. The first-order valence-electron chi connectivity index (χ1n) is 6.21.